The van der Waals surface area contributed by atoms with Crippen LogP contribution < -0.4 is 0 Å². The number of ketones is 1. The summed E-state index contributed by atoms with van der Waals surface area (Å²) in [6.07, 6.45) is 6.36. The Morgan fingerprint density at radius 2 is 1.08 bits per heavy atom. The van der Waals surface area contributed by atoms with E-state index in [1.165, 1.54) is 6.42 Å². The van der Waals surface area contributed by atoms with Crippen molar-refractivity contribution in [2.24, 2.45) is 0 Å². The van der Waals surface area contributed by atoms with Crippen molar-refractivity contribution in [1.29, 1.82) is 0 Å². The Labute approximate surface area is 153 Å². The van der Waals surface area contributed by atoms with Gasteiger partial charge in [0, 0.05) is 26.6 Å². The molecule has 0 aromatic heterocycles. The number of hydrogen-bond acceptors (Lipinski definition) is 2. The molecule has 0 saturated heterocycles. The summed E-state index contributed by atoms with van der Waals surface area (Å²) in [6, 6.07) is 12.0. The van der Waals surface area contributed by atoms with E-state index in [0.717, 1.165) is 38.7 Å². The lowest BCUT2D eigenvalue weighted by Gasteiger charge is -2.05. The monoisotopic (exact) mass is 340 g/mol. The van der Waals surface area contributed by atoms with Gasteiger partial charge < -0.3 is 4.74 Å². The van der Waals surface area contributed by atoms with Crippen LogP contribution in [0.25, 0.3) is 0 Å². The first-order chi connectivity index (χ1) is 11.8. The molecule has 24 heavy (non-hydrogen) atoms. The highest BCUT2D eigenvalue weighted by Gasteiger charge is 2.05. The highest BCUT2D eigenvalue weighted by atomic mass is 16.5. The number of rotatable bonds is 2. The van der Waals surface area contributed by atoms with Gasteiger partial charge in [-0.1, -0.05) is 91.3 Å². The van der Waals surface area contributed by atoms with Crippen LogP contribution in [0.2, 0.25) is 0 Å². The van der Waals surface area contributed by atoms with Crippen molar-refractivity contribution in [2.45, 2.75) is 87.0 Å². The standard InChI is InChI=1S/C6H10O.C6H6.C4H10O.3C2H6/c7-6-4-2-1-3-5-6;1-2-4-6-5-3-1;1-3-4-5-2;3*1-2/h1-5H2;1-6H;3-4H2,1-2H3;3*1-2H3. The van der Waals surface area contributed by atoms with Gasteiger partial charge in [0.15, 0.2) is 0 Å². The molecule has 2 heteroatoms. The third-order valence-electron chi connectivity index (χ3n) is 2.49. The molecule has 1 saturated carbocycles. The van der Waals surface area contributed by atoms with Crippen molar-refractivity contribution in [2.75, 3.05) is 13.7 Å². The molecule has 1 aromatic carbocycles. The van der Waals surface area contributed by atoms with Crippen molar-refractivity contribution in [3.8, 4) is 0 Å². The number of methoxy groups -OCH3 is 1. The summed E-state index contributed by atoms with van der Waals surface area (Å²) < 4.78 is 4.69. The highest BCUT2D eigenvalue weighted by molar-refractivity contribution is 5.78. The van der Waals surface area contributed by atoms with E-state index in [0.29, 0.717) is 5.78 Å². The number of hydrogen-bond donors (Lipinski definition) is 0. The lowest BCUT2D eigenvalue weighted by molar-refractivity contribution is -0.120. The van der Waals surface area contributed by atoms with Crippen LogP contribution in [0.5, 0.6) is 0 Å². The second-order valence-electron chi connectivity index (χ2n) is 4.25. The lowest BCUT2D eigenvalue weighted by atomic mass is 10.00. The summed E-state index contributed by atoms with van der Waals surface area (Å²) in [5, 5.41) is 0. The lowest BCUT2D eigenvalue weighted by Crippen LogP contribution is -2.02. The summed E-state index contributed by atoms with van der Waals surface area (Å²) in [5.74, 6) is 0.464. The van der Waals surface area contributed by atoms with Crippen LogP contribution in [0.15, 0.2) is 36.4 Å². The van der Waals surface area contributed by atoms with Crippen molar-refractivity contribution in [3.63, 3.8) is 0 Å². The van der Waals surface area contributed by atoms with Crippen LogP contribution in [-0.4, -0.2) is 19.5 Å². The predicted octanol–water partition coefficient (Wildman–Crippen LogP) is 7.33. The molecule has 0 unspecified atom stereocenters. The molecular weight excluding hydrogens is 296 g/mol. The molecule has 0 aliphatic heterocycles. The van der Waals surface area contributed by atoms with Gasteiger partial charge in [-0.2, -0.15) is 0 Å². The molecule has 0 amide bonds. The van der Waals surface area contributed by atoms with Crippen LogP contribution in [0, 0.1) is 0 Å². The van der Waals surface area contributed by atoms with E-state index in [9.17, 15) is 4.79 Å². The Hall–Kier alpha value is -1.15. The first-order valence-electron chi connectivity index (χ1n) is 9.82. The zero-order chi connectivity index (χ0) is 19.5. The first-order valence-corrected chi connectivity index (χ1v) is 9.82. The molecule has 0 bridgehead atoms. The molecule has 1 aromatic rings. The second-order valence-corrected chi connectivity index (χ2v) is 4.25. The number of carbonyl (C=O) groups excluding carboxylic acids is 1. The largest absolute Gasteiger partial charge is 0.385 e. The molecule has 2 rings (SSSR count). The van der Waals surface area contributed by atoms with Gasteiger partial charge in [0.1, 0.15) is 5.78 Å². The smallest absolute Gasteiger partial charge is 0.132 e. The SMILES string of the molecule is CC.CC.CC.CCCOC.O=C1CCCCC1.c1ccccc1. The Kier molecular flexibility index (Phi) is 48.4. The fraction of sp³-hybridized carbons (Fsp3) is 0.682. The zero-order valence-electron chi connectivity index (χ0n) is 17.7. The molecule has 0 spiro atoms. The van der Waals surface area contributed by atoms with E-state index < -0.39 is 0 Å². The van der Waals surface area contributed by atoms with Crippen LogP contribution in [0.3, 0.4) is 0 Å². The topological polar surface area (TPSA) is 26.3 Å². The number of carbonyl (C=O) groups is 1. The maximum absolute atomic E-state index is 10.5. The summed E-state index contributed by atoms with van der Waals surface area (Å²) in [7, 11) is 1.71. The van der Waals surface area contributed by atoms with Gasteiger partial charge >= 0.3 is 0 Å². The van der Waals surface area contributed by atoms with Gasteiger partial charge in [-0.25, -0.2) is 0 Å². The van der Waals surface area contributed by atoms with Gasteiger partial charge in [-0.05, 0) is 19.3 Å². The molecule has 1 aliphatic rings. The summed E-state index contributed by atoms with van der Waals surface area (Å²) >= 11 is 0. The fourth-order valence-electron chi connectivity index (χ4n) is 1.54. The Morgan fingerprint density at radius 1 is 0.750 bits per heavy atom. The summed E-state index contributed by atoms with van der Waals surface area (Å²) in [6.45, 7) is 15.0. The van der Waals surface area contributed by atoms with E-state index in [4.69, 9.17) is 4.74 Å². The quantitative estimate of drug-likeness (QED) is 0.563. The minimum absolute atomic E-state index is 0.464. The maximum atomic E-state index is 10.5. The number of benzene rings is 1. The van der Waals surface area contributed by atoms with Crippen molar-refractivity contribution >= 4 is 5.78 Å². The number of Topliss-reactive ketones (excluding diaryl/α,β-unsaturated/α-hetero) is 1. The van der Waals surface area contributed by atoms with Gasteiger partial charge in [-0.15, -0.1) is 0 Å². The highest BCUT2D eigenvalue weighted by Crippen LogP contribution is 2.12. The first kappa shape index (κ1) is 30.7. The summed E-state index contributed by atoms with van der Waals surface area (Å²) in [4.78, 5) is 10.5. The Balaban J connectivity index is -0.000000109. The Bertz CT molecular complexity index is 234. The average molecular weight is 341 g/mol. The minimum atomic E-state index is 0.464. The molecule has 0 N–H and O–H groups in total. The second kappa shape index (κ2) is 37.8. The van der Waals surface area contributed by atoms with Gasteiger partial charge in [-0.3, -0.25) is 4.79 Å². The molecule has 0 atom stereocenters. The molecular formula is C22H44O2. The van der Waals surface area contributed by atoms with E-state index in [1.54, 1.807) is 7.11 Å². The van der Waals surface area contributed by atoms with E-state index in [-0.39, 0.29) is 0 Å². The van der Waals surface area contributed by atoms with E-state index in [2.05, 4.69) is 6.92 Å². The minimum Gasteiger partial charge on any atom is -0.385 e. The third kappa shape index (κ3) is 37.3. The molecule has 1 fully saturated rings. The van der Waals surface area contributed by atoms with Gasteiger partial charge in [0.2, 0.25) is 0 Å². The van der Waals surface area contributed by atoms with E-state index >= 15 is 0 Å². The van der Waals surface area contributed by atoms with Gasteiger partial charge in [0.05, 0.1) is 0 Å². The van der Waals surface area contributed by atoms with Crippen molar-refractivity contribution in [3.05, 3.63) is 36.4 Å². The molecule has 0 heterocycles. The fourth-order valence-corrected chi connectivity index (χ4v) is 1.54. The van der Waals surface area contributed by atoms with Crippen LogP contribution in [0.4, 0.5) is 0 Å². The normalized spacial score (nSPS) is 11.1. The molecule has 2 nitrogen and oxygen atoms in total. The Morgan fingerprint density at radius 3 is 1.21 bits per heavy atom. The number of ether oxygens (including phenoxy) is 1. The zero-order valence-corrected chi connectivity index (χ0v) is 17.7. The van der Waals surface area contributed by atoms with Crippen LogP contribution >= 0.6 is 0 Å². The predicted molar refractivity (Wildman–Crippen MR) is 111 cm³/mol. The summed E-state index contributed by atoms with van der Waals surface area (Å²) in [5.41, 5.74) is 0. The molecule has 1 aliphatic carbocycles. The molecule has 144 valence electrons. The maximum Gasteiger partial charge on any atom is 0.132 e. The average Bonchev–Trinajstić information content (AvgIpc) is 2.70. The van der Waals surface area contributed by atoms with Gasteiger partial charge in [0.25, 0.3) is 0 Å². The third-order valence-corrected chi connectivity index (χ3v) is 2.49. The van der Waals surface area contributed by atoms with Crippen molar-refractivity contribution < 1.29 is 9.53 Å². The van der Waals surface area contributed by atoms with E-state index in [1.807, 2.05) is 77.9 Å². The molecule has 0 radical (unpaired) electrons. The van der Waals surface area contributed by atoms with Crippen molar-refractivity contribution in [1.82, 2.24) is 0 Å². The van der Waals surface area contributed by atoms with Crippen LogP contribution in [0.1, 0.15) is 87.0 Å². The van der Waals surface area contributed by atoms with Crippen LogP contribution in [-0.2, 0) is 9.53 Å².